The van der Waals surface area contributed by atoms with E-state index in [1.165, 1.54) is 6.20 Å². The van der Waals surface area contributed by atoms with Crippen molar-refractivity contribution in [2.75, 3.05) is 0 Å². The van der Waals surface area contributed by atoms with Gasteiger partial charge in [-0.1, -0.05) is 0 Å². The highest BCUT2D eigenvalue weighted by Crippen LogP contribution is 1.99. The van der Waals surface area contributed by atoms with Crippen LogP contribution in [0, 0.1) is 0 Å². The summed E-state index contributed by atoms with van der Waals surface area (Å²) < 4.78 is 0. The van der Waals surface area contributed by atoms with E-state index in [1.807, 2.05) is 0 Å². The maximum Gasteiger partial charge on any atom is 0.208 e. The van der Waals surface area contributed by atoms with Crippen LogP contribution in [0.1, 0.15) is 0 Å². The number of carbonyl (C=O) groups is 1. The highest BCUT2D eigenvalue weighted by Gasteiger charge is 1.76. The Kier molecular flexibility index (Phi) is 5.38. The molecule has 1 aromatic heterocycles. The van der Waals surface area contributed by atoms with E-state index in [1.54, 1.807) is 18.3 Å². The topological polar surface area (TPSA) is 50.2 Å². The Bertz CT molecular complexity index is 178. The van der Waals surface area contributed by atoms with E-state index in [-0.39, 0.29) is 11.5 Å². The van der Waals surface area contributed by atoms with Crippen molar-refractivity contribution in [2.24, 2.45) is 0 Å². The molecular weight excluding hydrogens is 154 g/mol. The van der Waals surface area contributed by atoms with Crippen LogP contribution in [-0.2, 0) is 4.79 Å². The molecule has 1 aromatic rings. The first-order valence-electron chi connectivity index (χ1n) is 2.44. The summed E-state index contributed by atoms with van der Waals surface area (Å²) in [5.41, 5.74) is 0. The largest absolute Gasteiger partial charge is 0.506 e. The highest BCUT2D eigenvalue weighted by atomic mass is 35.5. The standard InChI is InChI=1S/C5H5NO.CHClO/c7-5-2-1-3-6-4-5;2-1-3/h1-4,7H;1H. The van der Waals surface area contributed by atoms with Gasteiger partial charge in [-0.05, 0) is 23.7 Å². The molecule has 0 aliphatic rings. The average molecular weight is 160 g/mol. The Labute approximate surface area is 63.3 Å². The fourth-order valence-electron chi connectivity index (χ4n) is 0.354. The van der Waals surface area contributed by atoms with E-state index in [2.05, 4.69) is 16.6 Å². The summed E-state index contributed by atoms with van der Waals surface area (Å²) in [4.78, 5) is 12.2. The Morgan fingerprint density at radius 3 is 2.50 bits per heavy atom. The predicted molar refractivity (Wildman–Crippen MR) is 38.5 cm³/mol. The van der Waals surface area contributed by atoms with Gasteiger partial charge < -0.3 is 5.11 Å². The molecule has 0 aliphatic carbocycles. The van der Waals surface area contributed by atoms with Crippen LogP contribution in [0.4, 0.5) is 0 Å². The molecule has 0 radical (unpaired) electrons. The SMILES string of the molecule is O=CCl.Oc1cccnc1. The Hall–Kier alpha value is -1.09. The molecule has 0 saturated carbocycles. The zero-order valence-electron chi connectivity index (χ0n) is 5.07. The van der Waals surface area contributed by atoms with Gasteiger partial charge in [-0.3, -0.25) is 9.78 Å². The minimum absolute atomic E-state index is 0.211. The quantitative estimate of drug-likeness (QED) is 0.457. The second-order valence-electron chi connectivity index (χ2n) is 1.30. The van der Waals surface area contributed by atoms with Gasteiger partial charge in [-0.25, -0.2) is 0 Å². The second-order valence-corrected chi connectivity index (χ2v) is 1.48. The van der Waals surface area contributed by atoms with E-state index in [4.69, 9.17) is 9.90 Å². The van der Waals surface area contributed by atoms with Crippen molar-refractivity contribution >= 4 is 17.3 Å². The first-order chi connectivity index (χ1) is 4.81. The summed E-state index contributed by atoms with van der Waals surface area (Å²) in [6.45, 7) is 0. The third-order valence-corrected chi connectivity index (χ3v) is 0.646. The van der Waals surface area contributed by atoms with Gasteiger partial charge in [-0.15, -0.1) is 0 Å². The maximum atomic E-state index is 8.57. The third-order valence-electron chi connectivity index (χ3n) is 0.646. The average Bonchev–Trinajstić information content (AvgIpc) is 1.91. The first-order valence-corrected chi connectivity index (χ1v) is 2.87. The number of carbonyl (C=O) groups excluding carboxylic acids is 1. The second kappa shape index (κ2) is 6.04. The van der Waals surface area contributed by atoms with Crippen LogP contribution in [0.15, 0.2) is 24.5 Å². The highest BCUT2D eigenvalue weighted by molar-refractivity contribution is 6.54. The maximum absolute atomic E-state index is 8.57. The summed E-state index contributed by atoms with van der Waals surface area (Å²) in [6, 6.07) is 3.25. The van der Waals surface area contributed by atoms with E-state index in [0.29, 0.717) is 0 Å². The van der Waals surface area contributed by atoms with Crippen LogP contribution in [0.2, 0.25) is 0 Å². The van der Waals surface area contributed by atoms with Crippen LogP contribution in [-0.4, -0.2) is 15.8 Å². The van der Waals surface area contributed by atoms with Crippen molar-refractivity contribution in [2.45, 2.75) is 0 Å². The lowest BCUT2D eigenvalue weighted by Crippen LogP contribution is -1.64. The fourth-order valence-corrected chi connectivity index (χ4v) is 0.354. The van der Waals surface area contributed by atoms with Gasteiger partial charge in [-0.2, -0.15) is 0 Å². The summed E-state index contributed by atoms with van der Waals surface area (Å²) in [7, 11) is 0. The molecule has 0 fully saturated rings. The molecule has 1 rings (SSSR count). The fraction of sp³-hybridized carbons (Fsp3) is 0. The molecule has 10 heavy (non-hydrogen) atoms. The Balaban J connectivity index is 0.000000236. The molecule has 0 amide bonds. The minimum atomic E-state index is 0.211. The van der Waals surface area contributed by atoms with Crippen molar-refractivity contribution in [3.63, 3.8) is 0 Å². The summed E-state index contributed by atoms with van der Waals surface area (Å²) in [5, 5.41) is 8.57. The number of hydrogen-bond acceptors (Lipinski definition) is 3. The molecule has 0 saturated heterocycles. The molecule has 1 N–H and O–H groups in total. The number of hydrogen-bond donors (Lipinski definition) is 1. The molecule has 0 aromatic carbocycles. The molecular formula is C6H6ClNO2. The molecule has 4 heteroatoms. The molecule has 0 atom stereocenters. The molecule has 0 spiro atoms. The van der Waals surface area contributed by atoms with Crippen LogP contribution < -0.4 is 0 Å². The van der Waals surface area contributed by atoms with Crippen LogP contribution in [0.25, 0.3) is 0 Å². The zero-order chi connectivity index (χ0) is 7.82. The minimum Gasteiger partial charge on any atom is -0.506 e. The van der Waals surface area contributed by atoms with Gasteiger partial charge >= 0.3 is 0 Å². The summed E-state index contributed by atoms with van der Waals surface area (Å²) >= 11 is 4.32. The predicted octanol–water partition coefficient (Wildman–Crippen LogP) is 1.20. The van der Waals surface area contributed by atoms with Gasteiger partial charge in [0.15, 0.2) is 0 Å². The first kappa shape index (κ1) is 8.91. The Morgan fingerprint density at radius 2 is 2.30 bits per heavy atom. The van der Waals surface area contributed by atoms with Gasteiger partial charge in [0.2, 0.25) is 5.75 Å². The molecule has 1 heterocycles. The lowest BCUT2D eigenvalue weighted by atomic mass is 10.5. The van der Waals surface area contributed by atoms with Crippen LogP contribution in [0.5, 0.6) is 5.75 Å². The summed E-state index contributed by atoms with van der Waals surface area (Å²) in [5.74, 6) is 0.433. The van der Waals surface area contributed by atoms with Crippen LogP contribution >= 0.6 is 11.6 Å². The smallest absolute Gasteiger partial charge is 0.208 e. The molecule has 0 bridgehead atoms. The molecule has 0 unspecified atom stereocenters. The van der Waals surface area contributed by atoms with Crippen LogP contribution in [0.3, 0.4) is 0 Å². The van der Waals surface area contributed by atoms with E-state index in [0.717, 1.165) is 0 Å². The number of aromatic hydroxyl groups is 1. The number of pyridine rings is 1. The lowest BCUT2D eigenvalue weighted by Gasteiger charge is -1.81. The van der Waals surface area contributed by atoms with Crippen molar-refractivity contribution in [1.82, 2.24) is 4.98 Å². The van der Waals surface area contributed by atoms with Gasteiger partial charge in [0.25, 0.3) is 0 Å². The third kappa shape index (κ3) is 5.05. The van der Waals surface area contributed by atoms with E-state index < -0.39 is 0 Å². The van der Waals surface area contributed by atoms with E-state index >= 15 is 0 Å². The summed E-state index contributed by atoms with van der Waals surface area (Å²) in [6.07, 6.45) is 3.00. The van der Waals surface area contributed by atoms with Gasteiger partial charge in [0.05, 0.1) is 6.20 Å². The van der Waals surface area contributed by atoms with Crippen molar-refractivity contribution < 1.29 is 9.90 Å². The normalized spacial score (nSPS) is 7.30. The molecule has 3 nitrogen and oxygen atoms in total. The van der Waals surface area contributed by atoms with Crippen molar-refractivity contribution in [3.8, 4) is 5.75 Å². The zero-order valence-corrected chi connectivity index (χ0v) is 5.82. The number of rotatable bonds is 0. The monoisotopic (exact) mass is 159 g/mol. The number of halogens is 1. The number of nitrogens with zero attached hydrogens (tertiary/aromatic N) is 1. The molecule has 54 valence electrons. The lowest BCUT2D eigenvalue weighted by molar-refractivity contribution is 0.472. The molecule has 0 aliphatic heterocycles. The van der Waals surface area contributed by atoms with Crippen molar-refractivity contribution in [3.05, 3.63) is 24.5 Å². The number of aromatic nitrogens is 1. The van der Waals surface area contributed by atoms with Crippen molar-refractivity contribution in [1.29, 1.82) is 0 Å². The van der Waals surface area contributed by atoms with E-state index in [9.17, 15) is 0 Å². The van der Waals surface area contributed by atoms with Gasteiger partial charge in [0.1, 0.15) is 5.75 Å². The Morgan fingerprint density at radius 1 is 1.70 bits per heavy atom. The van der Waals surface area contributed by atoms with Gasteiger partial charge in [0, 0.05) is 6.20 Å².